The SMILES string of the molecule is C=C/C(=C\CN(C)c1ccc(C(=O)c2ccccc2)cc1)c1cc[n+](-c2ccc(O)cc2)cc1. The van der Waals surface area contributed by atoms with Crippen LogP contribution in [0, 0.1) is 0 Å². The van der Waals surface area contributed by atoms with Crippen molar-refractivity contribution in [2.45, 2.75) is 0 Å². The number of pyridine rings is 1. The molecular formula is C30H27N2O2+. The Hall–Kier alpha value is -4.44. The molecule has 0 saturated heterocycles. The summed E-state index contributed by atoms with van der Waals surface area (Å²) in [5.74, 6) is 0.275. The Balaban J connectivity index is 1.43. The smallest absolute Gasteiger partial charge is 0.210 e. The molecule has 0 aliphatic heterocycles. The van der Waals surface area contributed by atoms with Gasteiger partial charge in [0.1, 0.15) is 5.75 Å². The van der Waals surface area contributed by atoms with Gasteiger partial charge in [-0.05, 0) is 47.5 Å². The van der Waals surface area contributed by atoms with E-state index in [1.165, 1.54) is 0 Å². The van der Waals surface area contributed by atoms with Crippen molar-refractivity contribution in [2.75, 3.05) is 18.5 Å². The van der Waals surface area contributed by atoms with E-state index < -0.39 is 0 Å². The molecule has 168 valence electrons. The Kier molecular flexibility index (Phi) is 6.99. The molecule has 0 aliphatic carbocycles. The van der Waals surface area contributed by atoms with Crippen LogP contribution >= 0.6 is 0 Å². The number of aromatic nitrogens is 1. The minimum absolute atomic E-state index is 0.0252. The Labute approximate surface area is 200 Å². The van der Waals surface area contributed by atoms with E-state index in [0.29, 0.717) is 17.7 Å². The summed E-state index contributed by atoms with van der Waals surface area (Å²) in [6, 6.07) is 28.2. The largest absolute Gasteiger partial charge is 0.508 e. The van der Waals surface area contributed by atoms with E-state index in [9.17, 15) is 9.90 Å². The van der Waals surface area contributed by atoms with Gasteiger partial charge in [0.2, 0.25) is 5.69 Å². The first kappa shape index (κ1) is 22.7. The average Bonchev–Trinajstić information content (AvgIpc) is 2.90. The molecule has 0 amide bonds. The van der Waals surface area contributed by atoms with Gasteiger partial charge in [0.25, 0.3) is 0 Å². The summed E-state index contributed by atoms with van der Waals surface area (Å²) in [4.78, 5) is 14.7. The van der Waals surface area contributed by atoms with Crippen molar-refractivity contribution in [2.24, 2.45) is 0 Å². The predicted molar refractivity (Wildman–Crippen MR) is 137 cm³/mol. The number of likely N-dealkylation sites (N-methyl/N-ethyl adjacent to an activating group) is 1. The number of hydrogen-bond acceptors (Lipinski definition) is 3. The summed E-state index contributed by atoms with van der Waals surface area (Å²) < 4.78 is 1.99. The van der Waals surface area contributed by atoms with Gasteiger partial charge in [-0.2, -0.15) is 4.57 Å². The molecule has 0 aliphatic rings. The van der Waals surface area contributed by atoms with Gasteiger partial charge in [0, 0.05) is 54.7 Å². The standard InChI is InChI=1S/C30H26N2O2/c1-3-23(24-18-21-32(22-19-24)28-13-15-29(33)16-14-28)17-20-31(2)27-11-9-26(10-12-27)30(34)25-7-5-4-6-8-25/h3-19,21-22H,1,20H2,2H3/p+1/b23-17+. The zero-order valence-corrected chi connectivity index (χ0v) is 19.1. The van der Waals surface area contributed by atoms with E-state index in [1.807, 2.05) is 109 Å². The number of benzene rings is 3. The summed E-state index contributed by atoms with van der Waals surface area (Å²) in [6.07, 6.45) is 7.97. The highest BCUT2D eigenvalue weighted by Gasteiger charge is 2.10. The number of carbonyl (C=O) groups excluding carboxylic acids is 1. The molecule has 0 radical (unpaired) electrons. The van der Waals surface area contributed by atoms with E-state index in [-0.39, 0.29) is 11.5 Å². The maximum atomic E-state index is 12.6. The molecule has 0 atom stereocenters. The van der Waals surface area contributed by atoms with Crippen LogP contribution in [0.3, 0.4) is 0 Å². The number of hydrogen-bond donors (Lipinski definition) is 1. The summed E-state index contributed by atoms with van der Waals surface area (Å²) in [6.45, 7) is 4.67. The Morgan fingerprint density at radius 3 is 2.09 bits per heavy atom. The molecule has 4 nitrogen and oxygen atoms in total. The van der Waals surface area contributed by atoms with Crippen molar-refractivity contribution in [1.29, 1.82) is 0 Å². The third-order valence-corrected chi connectivity index (χ3v) is 5.72. The molecule has 0 saturated carbocycles. The number of carbonyl (C=O) groups is 1. The monoisotopic (exact) mass is 447 g/mol. The number of phenols is 1. The second kappa shape index (κ2) is 10.5. The normalized spacial score (nSPS) is 11.1. The first-order chi connectivity index (χ1) is 16.5. The van der Waals surface area contributed by atoms with Crippen LogP contribution in [-0.4, -0.2) is 24.5 Å². The fourth-order valence-electron chi connectivity index (χ4n) is 3.70. The third-order valence-electron chi connectivity index (χ3n) is 5.72. The maximum absolute atomic E-state index is 12.6. The van der Waals surface area contributed by atoms with Crippen LogP contribution < -0.4 is 9.47 Å². The molecule has 4 aromatic rings. The van der Waals surface area contributed by atoms with E-state index in [0.717, 1.165) is 22.5 Å². The van der Waals surface area contributed by atoms with Crippen LogP contribution in [-0.2, 0) is 0 Å². The minimum atomic E-state index is 0.0252. The lowest BCUT2D eigenvalue weighted by Gasteiger charge is -2.18. The van der Waals surface area contributed by atoms with Gasteiger partial charge in [-0.15, -0.1) is 0 Å². The van der Waals surface area contributed by atoms with Gasteiger partial charge >= 0.3 is 0 Å². The fourth-order valence-corrected chi connectivity index (χ4v) is 3.70. The molecule has 34 heavy (non-hydrogen) atoms. The number of anilines is 1. The van der Waals surface area contributed by atoms with Crippen LogP contribution in [0.1, 0.15) is 21.5 Å². The maximum Gasteiger partial charge on any atom is 0.210 e. The van der Waals surface area contributed by atoms with Gasteiger partial charge < -0.3 is 10.0 Å². The van der Waals surface area contributed by atoms with Crippen molar-refractivity contribution in [3.63, 3.8) is 0 Å². The Morgan fingerprint density at radius 2 is 1.47 bits per heavy atom. The molecule has 0 spiro atoms. The lowest BCUT2D eigenvalue weighted by atomic mass is 10.0. The lowest BCUT2D eigenvalue weighted by molar-refractivity contribution is -0.595. The van der Waals surface area contributed by atoms with E-state index in [1.54, 1.807) is 12.1 Å². The molecule has 3 aromatic carbocycles. The second-order valence-corrected chi connectivity index (χ2v) is 8.00. The average molecular weight is 448 g/mol. The molecular weight excluding hydrogens is 420 g/mol. The number of phenolic OH excluding ortho intramolecular Hbond substituents is 1. The van der Waals surface area contributed by atoms with Crippen LogP contribution in [0.2, 0.25) is 0 Å². The molecule has 4 rings (SSSR count). The molecule has 1 aromatic heterocycles. The number of nitrogens with zero attached hydrogens (tertiary/aromatic N) is 2. The van der Waals surface area contributed by atoms with Gasteiger partial charge in [-0.3, -0.25) is 4.79 Å². The first-order valence-corrected chi connectivity index (χ1v) is 11.1. The number of rotatable bonds is 8. The summed E-state index contributed by atoms with van der Waals surface area (Å²) in [5, 5.41) is 9.48. The molecule has 1 heterocycles. The zero-order valence-electron chi connectivity index (χ0n) is 19.1. The summed E-state index contributed by atoms with van der Waals surface area (Å²) in [5.41, 5.74) is 5.49. The quantitative estimate of drug-likeness (QED) is 0.217. The predicted octanol–water partition coefficient (Wildman–Crippen LogP) is 5.61. The minimum Gasteiger partial charge on any atom is -0.508 e. The molecule has 0 fully saturated rings. The Morgan fingerprint density at radius 1 is 0.853 bits per heavy atom. The van der Waals surface area contributed by atoms with Crippen molar-refractivity contribution in [3.05, 3.63) is 139 Å². The first-order valence-electron chi connectivity index (χ1n) is 11.1. The van der Waals surface area contributed by atoms with E-state index in [2.05, 4.69) is 17.6 Å². The molecule has 4 heteroatoms. The lowest BCUT2D eigenvalue weighted by Crippen LogP contribution is -2.29. The topological polar surface area (TPSA) is 44.4 Å². The highest BCUT2D eigenvalue weighted by atomic mass is 16.3. The van der Waals surface area contributed by atoms with Crippen molar-refractivity contribution in [1.82, 2.24) is 0 Å². The summed E-state index contributed by atoms with van der Waals surface area (Å²) >= 11 is 0. The highest BCUT2D eigenvalue weighted by molar-refractivity contribution is 6.09. The fraction of sp³-hybridized carbons (Fsp3) is 0.0667. The van der Waals surface area contributed by atoms with E-state index in [4.69, 9.17) is 0 Å². The summed E-state index contributed by atoms with van der Waals surface area (Å²) in [7, 11) is 2.02. The number of allylic oxidation sites excluding steroid dienone is 2. The Bertz CT molecular complexity index is 1290. The van der Waals surface area contributed by atoms with Crippen LogP contribution in [0.15, 0.2) is 122 Å². The molecule has 1 N–H and O–H groups in total. The number of ketones is 1. The van der Waals surface area contributed by atoms with Gasteiger partial charge in [0.15, 0.2) is 18.2 Å². The van der Waals surface area contributed by atoms with Gasteiger partial charge in [-0.1, -0.05) is 49.1 Å². The van der Waals surface area contributed by atoms with E-state index >= 15 is 0 Å². The van der Waals surface area contributed by atoms with Crippen molar-refractivity contribution >= 4 is 17.0 Å². The molecule has 0 unspecified atom stereocenters. The zero-order chi connectivity index (χ0) is 23.9. The third kappa shape index (κ3) is 5.30. The van der Waals surface area contributed by atoms with Crippen LogP contribution in [0.4, 0.5) is 5.69 Å². The molecule has 0 bridgehead atoms. The number of aromatic hydroxyl groups is 1. The van der Waals surface area contributed by atoms with Crippen molar-refractivity contribution in [3.8, 4) is 11.4 Å². The highest BCUT2D eigenvalue weighted by Crippen LogP contribution is 2.19. The second-order valence-electron chi connectivity index (χ2n) is 8.00. The van der Waals surface area contributed by atoms with Crippen LogP contribution in [0.5, 0.6) is 5.75 Å². The van der Waals surface area contributed by atoms with Crippen molar-refractivity contribution < 1.29 is 14.5 Å². The van der Waals surface area contributed by atoms with Crippen LogP contribution in [0.25, 0.3) is 11.3 Å². The van der Waals surface area contributed by atoms with Gasteiger partial charge in [-0.25, -0.2) is 0 Å². The van der Waals surface area contributed by atoms with Gasteiger partial charge in [0.05, 0.1) is 0 Å².